The van der Waals surface area contributed by atoms with Gasteiger partial charge in [-0.25, -0.2) is 9.97 Å². The standard InChI is InChI=1S/C18H11ClF3N5/c19-13-9-23-15(10-5-1-3-7-12(10)18(20,21)22)24-17(13)25-16-11-6-2-4-8-14(11)26-27-16/h1-9H,(H2,23,24,25,26,27). The molecule has 0 bridgehead atoms. The number of aromatic amines is 1. The highest BCUT2D eigenvalue weighted by Gasteiger charge is 2.34. The molecule has 0 saturated carbocycles. The zero-order chi connectivity index (χ0) is 19.0. The van der Waals surface area contributed by atoms with Gasteiger partial charge >= 0.3 is 6.18 Å². The van der Waals surface area contributed by atoms with E-state index in [1.54, 1.807) is 0 Å². The number of halogens is 4. The highest BCUT2D eigenvalue weighted by molar-refractivity contribution is 6.33. The second-order valence-corrected chi connectivity index (χ2v) is 6.08. The van der Waals surface area contributed by atoms with Crippen molar-refractivity contribution in [3.63, 3.8) is 0 Å². The van der Waals surface area contributed by atoms with Gasteiger partial charge in [-0.15, -0.1) is 0 Å². The summed E-state index contributed by atoms with van der Waals surface area (Å²) in [6.07, 6.45) is -3.26. The van der Waals surface area contributed by atoms with Crippen molar-refractivity contribution in [2.75, 3.05) is 5.32 Å². The summed E-state index contributed by atoms with van der Waals surface area (Å²) < 4.78 is 39.8. The molecule has 2 aromatic carbocycles. The Morgan fingerprint density at radius 3 is 2.52 bits per heavy atom. The van der Waals surface area contributed by atoms with Crippen LogP contribution in [0.4, 0.5) is 24.8 Å². The van der Waals surface area contributed by atoms with Crippen molar-refractivity contribution in [2.24, 2.45) is 0 Å². The van der Waals surface area contributed by atoms with Crippen LogP contribution >= 0.6 is 11.6 Å². The van der Waals surface area contributed by atoms with Crippen LogP contribution in [-0.2, 0) is 6.18 Å². The van der Waals surface area contributed by atoms with E-state index >= 15 is 0 Å². The fourth-order valence-corrected chi connectivity index (χ4v) is 2.82. The van der Waals surface area contributed by atoms with E-state index < -0.39 is 11.7 Å². The highest BCUT2D eigenvalue weighted by Crippen LogP contribution is 2.36. The number of nitrogens with zero attached hydrogens (tertiary/aromatic N) is 3. The van der Waals surface area contributed by atoms with E-state index in [0.29, 0.717) is 5.82 Å². The van der Waals surface area contributed by atoms with Gasteiger partial charge in [-0.2, -0.15) is 18.3 Å². The van der Waals surface area contributed by atoms with Crippen molar-refractivity contribution in [1.29, 1.82) is 0 Å². The fourth-order valence-electron chi connectivity index (χ4n) is 2.68. The molecule has 0 aliphatic rings. The molecule has 2 heterocycles. The van der Waals surface area contributed by atoms with Gasteiger partial charge in [0, 0.05) is 10.9 Å². The lowest BCUT2D eigenvalue weighted by atomic mass is 10.1. The molecule has 0 atom stereocenters. The molecule has 0 fully saturated rings. The molecule has 4 rings (SSSR count). The van der Waals surface area contributed by atoms with Crippen LogP contribution in [0.25, 0.3) is 22.3 Å². The minimum atomic E-state index is -4.52. The predicted molar refractivity (Wildman–Crippen MR) is 96.9 cm³/mol. The van der Waals surface area contributed by atoms with Gasteiger partial charge in [0.05, 0.1) is 17.3 Å². The molecular weight excluding hydrogens is 379 g/mol. The number of benzene rings is 2. The molecule has 27 heavy (non-hydrogen) atoms. The van der Waals surface area contributed by atoms with E-state index in [-0.39, 0.29) is 22.2 Å². The molecule has 4 aromatic rings. The third-order valence-corrected chi connectivity index (χ3v) is 4.20. The lowest BCUT2D eigenvalue weighted by Crippen LogP contribution is -2.08. The topological polar surface area (TPSA) is 66.5 Å². The van der Waals surface area contributed by atoms with Crippen LogP contribution in [0.1, 0.15) is 5.56 Å². The summed E-state index contributed by atoms with van der Waals surface area (Å²) in [5.74, 6) is 0.534. The molecule has 0 aliphatic carbocycles. The Labute approximate surface area is 156 Å². The normalized spacial score (nSPS) is 11.7. The van der Waals surface area contributed by atoms with Crippen LogP contribution in [-0.4, -0.2) is 20.2 Å². The molecule has 0 radical (unpaired) electrons. The third kappa shape index (κ3) is 3.31. The summed E-state index contributed by atoms with van der Waals surface area (Å²) in [4.78, 5) is 8.15. The number of fused-ring (bicyclic) bond motifs is 1. The monoisotopic (exact) mass is 389 g/mol. The van der Waals surface area contributed by atoms with Crippen LogP contribution in [0, 0.1) is 0 Å². The van der Waals surface area contributed by atoms with Gasteiger partial charge in [0.25, 0.3) is 0 Å². The van der Waals surface area contributed by atoms with E-state index in [1.807, 2.05) is 24.3 Å². The Balaban J connectivity index is 1.77. The van der Waals surface area contributed by atoms with Crippen molar-refractivity contribution in [1.82, 2.24) is 20.2 Å². The third-order valence-electron chi connectivity index (χ3n) is 3.92. The van der Waals surface area contributed by atoms with Crippen molar-refractivity contribution in [3.05, 3.63) is 65.3 Å². The molecule has 0 spiro atoms. The van der Waals surface area contributed by atoms with Crippen LogP contribution in [0.5, 0.6) is 0 Å². The summed E-state index contributed by atoms with van der Waals surface area (Å²) in [5, 5.41) is 10.9. The summed E-state index contributed by atoms with van der Waals surface area (Å²) in [5.41, 5.74) is -0.145. The van der Waals surface area contributed by atoms with Crippen molar-refractivity contribution in [2.45, 2.75) is 6.18 Å². The van der Waals surface area contributed by atoms with Gasteiger partial charge < -0.3 is 5.32 Å². The molecule has 0 aliphatic heterocycles. The lowest BCUT2D eigenvalue weighted by Gasteiger charge is -2.13. The maximum absolute atomic E-state index is 13.3. The average molecular weight is 390 g/mol. The Morgan fingerprint density at radius 2 is 1.70 bits per heavy atom. The first-order valence-electron chi connectivity index (χ1n) is 7.83. The maximum atomic E-state index is 13.3. The van der Waals surface area contributed by atoms with E-state index in [0.717, 1.165) is 17.0 Å². The van der Waals surface area contributed by atoms with Gasteiger partial charge in [-0.3, -0.25) is 5.10 Å². The Hall–Kier alpha value is -3.13. The maximum Gasteiger partial charge on any atom is 0.417 e. The Bertz CT molecular complexity index is 1120. The molecule has 5 nitrogen and oxygen atoms in total. The van der Waals surface area contributed by atoms with Crippen molar-refractivity contribution < 1.29 is 13.2 Å². The number of para-hydroxylation sites is 1. The minimum Gasteiger partial charge on any atom is -0.322 e. The zero-order valence-corrected chi connectivity index (χ0v) is 14.3. The minimum absolute atomic E-state index is 0.0883. The summed E-state index contributed by atoms with van der Waals surface area (Å²) >= 11 is 6.13. The van der Waals surface area contributed by atoms with Gasteiger partial charge in [0.2, 0.25) is 0 Å². The number of nitrogens with one attached hydrogen (secondary N) is 2. The molecular formula is C18H11ClF3N5. The summed E-state index contributed by atoms with van der Waals surface area (Å²) in [6.45, 7) is 0. The molecule has 2 N–H and O–H groups in total. The largest absolute Gasteiger partial charge is 0.417 e. The molecule has 0 amide bonds. The highest BCUT2D eigenvalue weighted by atomic mass is 35.5. The van der Waals surface area contributed by atoms with Crippen molar-refractivity contribution >= 4 is 34.1 Å². The Morgan fingerprint density at radius 1 is 0.963 bits per heavy atom. The first kappa shape index (κ1) is 17.3. The molecule has 2 aromatic heterocycles. The Kier molecular flexibility index (Phi) is 4.19. The smallest absolute Gasteiger partial charge is 0.322 e. The second kappa shape index (κ2) is 6.55. The van der Waals surface area contributed by atoms with Gasteiger partial charge in [-0.05, 0) is 18.2 Å². The summed E-state index contributed by atoms with van der Waals surface area (Å²) in [6, 6.07) is 12.5. The molecule has 136 valence electrons. The molecule has 9 heteroatoms. The van der Waals surface area contributed by atoms with E-state index in [1.165, 1.54) is 24.4 Å². The van der Waals surface area contributed by atoms with Crippen LogP contribution < -0.4 is 5.32 Å². The number of aromatic nitrogens is 4. The number of rotatable bonds is 3. The van der Waals surface area contributed by atoms with Crippen LogP contribution in [0.15, 0.2) is 54.7 Å². The number of hydrogen-bond donors (Lipinski definition) is 2. The van der Waals surface area contributed by atoms with Gasteiger partial charge in [-0.1, -0.05) is 41.9 Å². The first-order chi connectivity index (χ1) is 12.9. The fraction of sp³-hybridized carbons (Fsp3) is 0.0556. The number of anilines is 2. The first-order valence-corrected chi connectivity index (χ1v) is 8.20. The molecule has 0 unspecified atom stereocenters. The number of H-pyrrole nitrogens is 1. The van der Waals surface area contributed by atoms with Crippen LogP contribution in [0.2, 0.25) is 5.02 Å². The van der Waals surface area contributed by atoms with Crippen LogP contribution in [0.3, 0.4) is 0 Å². The van der Waals surface area contributed by atoms with Gasteiger partial charge in [0.1, 0.15) is 5.02 Å². The second-order valence-electron chi connectivity index (χ2n) is 5.68. The summed E-state index contributed by atoms with van der Waals surface area (Å²) in [7, 11) is 0. The van der Waals surface area contributed by atoms with E-state index in [2.05, 4.69) is 25.5 Å². The van der Waals surface area contributed by atoms with E-state index in [9.17, 15) is 13.2 Å². The predicted octanol–water partition coefficient (Wildman–Crippen LogP) is 5.44. The molecule has 0 saturated heterocycles. The zero-order valence-electron chi connectivity index (χ0n) is 13.5. The van der Waals surface area contributed by atoms with Crippen molar-refractivity contribution in [3.8, 4) is 11.4 Å². The van der Waals surface area contributed by atoms with Gasteiger partial charge in [0.15, 0.2) is 17.5 Å². The number of hydrogen-bond acceptors (Lipinski definition) is 4. The SMILES string of the molecule is FC(F)(F)c1ccccc1-c1ncc(Cl)c(Nc2n[nH]c3ccccc23)n1. The lowest BCUT2D eigenvalue weighted by molar-refractivity contribution is -0.137. The average Bonchev–Trinajstić information content (AvgIpc) is 3.06. The van der Waals surface area contributed by atoms with E-state index in [4.69, 9.17) is 11.6 Å². The quantitative estimate of drug-likeness (QED) is 0.490. The number of alkyl halides is 3.